The summed E-state index contributed by atoms with van der Waals surface area (Å²) in [6.07, 6.45) is -0.739. The van der Waals surface area contributed by atoms with Crippen molar-refractivity contribution in [3.63, 3.8) is 0 Å². The van der Waals surface area contributed by atoms with Crippen LogP contribution in [0.3, 0.4) is 0 Å². The number of nitrogens with one attached hydrogen (secondary N) is 1. The summed E-state index contributed by atoms with van der Waals surface area (Å²) >= 11 is 0. The monoisotopic (exact) mass is 340 g/mol. The summed E-state index contributed by atoms with van der Waals surface area (Å²) in [5.74, 6) is 0.0862. The van der Waals surface area contributed by atoms with E-state index in [1.54, 1.807) is 37.3 Å². The molecule has 6 heteroatoms. The molecule has 130 valence electrons. The summed E-state index contributed by atoms with van der Waals surface area (Å²) in [4.78, 5) is 26.6. The second-order valence-electron chi connectivity index (χ2n) is 5.73. The second-order valence-corrected chi connectivity index (χ2v) is 5.73. The fourth-order valence-electron chi connectivity index (χ4n) is 2.79. The van der Waals surface area contributed by atoms with Gasteiger partial charge in [-0.15, -0.1) is 0 Å². The van der Waals surface area contributed by atoms with E-state index in [1.807, 2.05) is 30.3 Å². The Morgan fingerprint density at radius 1 is 1.20 bits per heavy atom. The van der Waals surface area contributed by atoms with Crippen LogP contribution in [0, 0.1) is 0 Å². The molecule has 2 aromatic rings. The highest BCUT2D eigenvalue weighted by molar-refractivity contribution is 6.07. The highest BCUT2D eigenvalue weighted by Gasteiger charge is 2.33. The van der Waals surface area contributed by atoms with E-state index in [-0.39, 0.29) is 18.4 Å². The van der Waals surface area contributed by atoms with Crippen molar-refractivity contribution in [2.24, 2.45) is 0 Å². The first kappa shape index (κ1) is 17.0. The lowest BCUT2D eigenvalue weighted by Crippen LogP contribution is -2.50. The minimum Gasteiger partial charge on any atom is -0.477 e. The Kier molecular flexibility index (Phi) is 5.00. The number of ether oxygens (including phenoxy) is 2. The molecule has 0 fully saturated rings. The molecule has 1 atom stereocenters. The van der Waals surface area contributed by atoms with E-state index in [0.29, 0.717) is 23.6 Å². The molecule has 6 nitrogen and oxygen atoms in total. The van der Waals surface area contributed by atoms with Gasteiger partial charge in [-0.25, -0.2) is 0 Å². The van der Waals surface area contributed by atoms with Crippen molar-refractivity contribution in [1.82, 2.24) is 5.32 Å². The molecule has 2 aromatic carbocycles. The summed E-state index contributed by atoms with van der Waals surface area (Å²) in [6, 6.07) is 14.5. The van der Waals surface area contributed by atoms with E-state index in [1.165, 1.54) is 0 Å². The maximum atomic E-state index is 13.0. The summed E-state index contributed by atoms with van der Waals surface area (Å²) < 4.78 is 10.8. The quantitative estimate of drug-likeness (QED) is 0.924. The van der Waals surface area contributed by atoms with Crippen LogP contribution in [0.25, 0.3) is 0 Å². The summed E-state index contributed by atoms with van der Waals surface area (Å²) in [5, 5.41) is 2.57. The van der Waals surface area contributed by atoms with Gasteiger partial charge in [0.05, 0.1) is 18.8 Å². The Morgan fingerprint density at radius 2 is 1.92 bits per heavy atom. The number of fused-ring (bicyclic) bond motifs is 1. The Balaban J connectivity index is 1.91. The van der Waals surface area contributed by atoms with Crippen molar-refractivity contribution in [1.29, 1.82) is 0 Å². The standard InChI is InChI=1S/C19H20N2O4/c1-20-18(22)17-11-21(15-5-3-4-6-16(15)25-17)19(23)14-9-7-13(8-10-14)12-24-2/h3-10,17H,11-12H2,1-2H3,(H,20,22)/t17-/m0/s1. The van der Waals surface area contributed by atoms with Gasteiger partial charge in [0.15, 0.2) is 6.10 Å². The number of hydrogen-bond acceptors (Lipinski definition) is 4. The Morgan fingerprint density at radius 3 is 2.60 bits per heavy atom. The Bertz CT molecular complexity index is 773. The lowest BCUT2D eigenvalue weighted by atomic mass is 10.1. The van der Waals surface area contributed by atoms with Gasteiger partial charge in [-0.1, -0.05) is 24.3 Å². The summed E-state index contributed by atoms with van der Waals surface area (Å²) in [6.45, 7) is 0.656. The van der Waals surface area contributed by atoms with Crippen LogP contribution in [-0.2, 0) is 16.1 Å². The minimum atomic E-state index is -0.739. The number of likely N-dealkylation sites (N-methyl/N-ethyl adjacent to an activating group) is 1. The molecule has 1 aliphatic rings. The third-order valence-corrected chi connectivity index (χ3v) is 4.07. The third kappa shape index (κ3) is 3.49. The first-order valence-corrected chi connectivity index (χ1v) is 8.01. The van der Waals surface area contributed by atoms with Crippen molar-refractivity contribution in [2.45, 2.75) is 12.7 Å². The van der Waals surface area contributed by atoms with Crippen LogP contribution in [0.5, 0.6) is 5.75 Å². The molecule has 0 saturated carbocycles. The van der Waals surface area contributed by atoms with Gasteiger partial charge >= 0.3 is 0 Å². The third-order valence-electron chi connectivity index (χ3n) is 4.07. The van der Waals surface area contributed by atoms with E-state index in [9.17, 15) is 9.59 Å². The molecule has 1 N–H and O–H groups in total. The van der Waals surface area contributed by atoms with Crippen molar-refractivity contribution >= 4 is 17.5 Å². The molecule has 0 aromatic heterocycles. The zero-order valence-corrected chi connectivity index (χ0v) is 14.2. The minimum absolute atomic E-state index is 0.162. The Labute approximate surface area is 146 Å². The van der Waals surface area contributed by atoms with E-state index >= 15 is 0 Å². The van der Waals surface area contributed by atoms with Gasteiger partial charge in [0.1, 0.15) is 5.75 Å². The van der Waals surface area contributed by atoms with E-state index in [2.05, 4.69) is 5.32 Å². The molecular weight excluding hydrogens is 320 g/mol. The van der Waals surface area contributed by atoms with Gasteiger partial charge in [-0.2, -0.15) is 0 Å². The summed E-state index contributed by atoms with van der Waals surface area (Å²) in [5.41, 5.74) is 2.20. The average Bonchev–Trinajstić information content (AvgIpc) is 2.66. The first-order chi connectivity index (χ1) is 12.1. The number of hydrogen-bond donors (Lipinski definition) is 1. The number of amides is 2. The van der Waals surface area contributed by atoms with Crippen LogP contribution >= 0.6 is 0 Å². The average molecular weight is 340 g/mol. The topological polar surface area (TPSA) is 67.9 Å². The van der Waals surface area contributed by atoms with Gasteiger partial charge in [-0.3, -0.25) is 9.59 Å². The van der Waals surface area contributed by atoms with Crippen LogP contribution in [0.15, 0.2) is 48.5 Å². The molecule has 0 bridgehead atoms. The zero-order chi connectivity index (χ0) is 17.8. The smallest absolute Gasteiger partial charge is 0.262 e. The number of carbonyl (C=O) groups is 2. The van der Waals surface area contributed by atoms with Crippen LogP contribution in [-0.4, -0.2) is 38.6 Å². The number of methoxy groups -OCH3 is 1. The number of benzene rings is 2. The molecule has 1 aliphatic heterocycles. The highest BCUT2D eigenvalue weighted by atomic mass is 16.5. The molecule has 1 heterocycles. The predicted octanol–water partition coefficient (Wildman–Crippen LogP) is 1.99. The van der Waals surface area contributed by atoms with E-state index in [4.69, 9.17) is 9.47 Å². The van der Waals surface area contributed by atoms with Gasteiger partial charge in [0.2, 0.25) is 0 Å². The molecule has 0 saturated heterocycles. The van der Waals surface area contributed by atoms with E-state index < -0.39 is 6.10 Å². The number of para-hydroxylation sites is 2. The van der Waals surface area contributed by atoms with Crippen LogP contribution in [0.1, 0.15) is 15.9 Å². The SMILES string of the molecule is CNC(=O)[C@@H]1CN(C(=O)c2ccc(COC)cc2)c2ccccc2O1. The maximum Gasteiger partial charge on any atom is 0.262 e. The molecular formula is C19H20N2O4. The van der Waals surface area contributed by atoms with E-state index in [0.717, 1.165) is 5.56 Å². The molecule has 0 radical (unpaired) electrons. The summed E-state index contributed by atoms with van der Waals surface area (Å²) in [7, 11) is 3.18. The normalized spacial score (nSPS) is 15.9. The fourth-order valence-corrected chi connectivity index (χ4v) is 2.79. The molecule has 0 spiro atoms. The molecule has 0 aliphatic carbocycles. The van der Waals surface area contributed by atoms with Crippen molar-refractivity contribution in [2.75, 3.05) is 25.6 Å². The lowest BCUT2D eigenvalue weighted by Gasteiger charge is -2.34. The number of anilines is 1. The first-order valence-electron chi connectivity index (χ1n) is 8.01. The van der Waals surface area contributed by atoms with Gasteiger partial charge in [-0.05, 0) is 29.8 Å². The van der Waals surface area contributed by atoms with Gasteiger partial charge in [0.25, 0.3) is 11.8 Å². The van der Waals surface area contributed by atoms with Gasteiger partial charge in [0, 0.05) is 19.7 Å². The van der Waals surface area contributed by atoms with Crippen LogP contribution in [0.4, 0.5) is 5.69 Å². The fraction of sp³-hybridized carbons (Fsp3) is 0.263. The van der Waals surface area contributed by atoms with Crippen LogP contribution < -0.4 is 15.0 Å². The number of carbonyl (C=O) groups excluding carboxylic acids is 2. The van der Waals surface area contributed by atoms with Crippen molar-refractivity contribution < 1.29 is 19.1 Å². The molecule has 0 unspecified atom stereocenters. The van der Waals surface area contributed by atoms with Crippen molar-refractivity contribution in [3.05, 3.63) is 59.7 Å². The molecule has 25 heavy (non-hydrogen) atoms. The largest absolute Gasteiger partial charge is 0.477 e. The number of rotatable bonds is 4. The predicted molar refractivity (Wildman–Crippen MR) is 93.8 cm³/mol. The maximum absolute atomic E-state index is 13.0. The zero-order valence-electron chi connectivity index (χ0n) is 14.2. The molecule has 2 amide bonds. The lowest BCUT2D eigenvalue weighted by molar-refractivity contribution is -0.127. The number of nitrogens with zero attached hydrogens (tertiary/aromatic N) is 1. The van der Waals surface area contributed by atoms with Crippen molar-refractivity contribution in [3.8, 4) is 5.75 Å². The second kappa shape index (κ2) is 7.36. The highest BCUT2D eigenvalue weighted by Crippen LogP contribution is 2.34. The molecule has 3 rings (SSSR count). The van der Waals surface area contributed by atoms with Gasteiger partial charge < -0.3 is 19.7 Å². The Hall–Kier alpha value is -2.86. The van der Waals surface area contributed by atoms with Crippen LogP contribution in [0.2, 0.25) is 0 Å².